The van der Waals surface area contributed by atoms with Crippen LogP contribution in [0, 0.1) is 0 Å². The first-order chi connectivity index (χ1) is 10.2. The van der Waals surface area contributed by atoms with E-state index in [0.717, 1.165) is 18.7 Å². The molecule has 1 aromatic carbocycles. The number of benzene rings is 1. The molecule has 21 heavy (non-hydrogen) atoms. The molecule has 3 N–H and O–H groups in total. The summed E-state index contributed by atoms with van der Waals surface area (Å²) >= 11 is 0. The summed E-state index contributed by atoms with van der Waals surface area (Å²) in [6, 6.07) is 6.28. The number of carbonyl (C=O) groups is 1. The molecule has 2 aliphatic rings. The van der Waals surface area contributed by atoms with Gasteiger partial charge >= 0.3 is 5.97 Å². The van der Waals surface area contributed by atoms with E-state index in [4.69, 9.17) is 10.5 Å². The lowest BCUT2D eigenvalue weighted by atomic mass is 9.98. The van der Waals surface area contributed by atoms with Crippen LogP contribution < -0.4 is 11.1 Å². The van der Waals surface area contributed by atoms with Gasteiger partial charge in [-0.15, -0.1) is 0 Å². The van der Waals surface area contributed by atoms with Crippen LogP contribution in [0.3, 0.4) is 0 Å². The van der Waals surface area contributed by atoms with E-state index in [9.17, 15) is 4.79 Å². The number of anilines is 2. The van der Waals surface area contributed by atoms with Crippen LogP contribution in [0.25, 0.3) is 0 Å². The summed E-state index contributed by atoms with van der Waals surface area (Å²) in [5.41, 5.74) is 8.10. The van der Waals surface area contributed by atoms with Crippen LogP contribution in [0.2, 0.25) is 0 Å². The number of nitrogens with one attached hydrogen (secondary N) is 1. The van der Waals surface area contributed by atoms with Crippen molar-refractivity contribution in [2.75, 3.05) is 31.2 Å². The highest BCUT2D eigenvalue weighted by molar-refractivity contribution is 5.92. The summed E-state index contributed by atoms with van der Waals surface area (Å²) in [5.74, 6) is -0.330. The number of hydrogen-bond donors (Lipinski definition) is 2. The number of nitrogen functional groups attached to an aromatic ring is 1. The van der Waals surface area contributed by atoms with Crippen LogP contribution in [-0.2, 0) is 4.74 Å². The Labute approximate surface area is 125 Å². The van der Waals surface area contributed by atoms with Crippen molar-refractivity contribution >= 4 is 17.3 Å². The predicted molar refractivity (Wildman–Crippen MR) is 83.4 cm³/mol. The molecule has 0 amide bonds. The number of rotatable bonds is 3. The zero-order valence-electron chi connectivity index (χ0n) is 12.5. The van der Waals surface area contributed by atoms with Crippen LogP contribution in [-0.4, -0.2) is 43.2 Å². The van der Waals surface area contributed by atoms with E-state index < -0.39 is 0 Å². The van der Waals surface area contributed by atoms with Crippen molar-refractivity contribution in [1.82, 2.24) is 4.90 Å². The summed E-state index contributed by atoms with van der Waals surface area (Å²) in [4.78, 5) is 14.2. The largest absolute Gasteiger partial charge is 0.465 e. The van der Waals surface area contributed by atoms with Gasteiger partial charge in [-0.05, 0) is 44.0 Å². The first kappa shape index (κ1) is 14.2. The van der Waals surface area contributed by atoms with Gasteiger partial charge in [-0.25, -0.2) is 4.79 Å². The minimum Gasteiger partial charge on any atom is -0.465 e. The normalized spacial score (nSPS) is 25.4. The fraction of sp³-hybridized carbons (Fsp3) is 0.562. The van der Waals surface area contributed by atoms with E-state index in [2.05, 4.69) is 10.2 Å². The second kappa shape index (κ2) is 5.93. The number of nitrogens with zero attached hydrogens (tertiary/aromatic N) is 1. The molecule has 2 fully saturated rings. The summed E-state index contributed by atoms with van der Waals surface area (Å²) in [6.45, 7) is 2.36. The van der Waals surface area contributed by atoms with Gasteiger partial charge in [0.25, 0.3) is 0 Å². The maximum absolute atomic E-state index is 11.6. The molecule has 0 spiro atoms. The fourth-order valence-electron chi connectivity index (χ4n) is 3.54. The Kier molecular flexibility index (Phi) is 4.01. The Morgan fingerprint density at radius 3 is 3.00 bits per heavy atom. The lowest BCUT2D eigenvalue weighted by molar-refractivity contribution is 0.0601. The van der Waals surface area contributed by atoms with E-state index in [1.54, 1.807) is 18.2 Å². The molecule has 0 bridgehead atoms. The molecular weight excluding hydrogens is 266 g/mol. The van der Waals surface area contributed by atoms with E-state index >= 15 is 0 Å². The van der Waals surface area contributed by atoms with Gasteiger partial charge in [0.15, 0.2) is 0 Å². The molecule has 2 atom stereocenters. The smallest absolute Gasteiger partial charge is 0.337 e. The van der Waals surface area contributed by atoms with Gasteiger partial charge in [0.2, 0.25) is 0 Å². The maximum atomic E-state index is 11.6. The van der Waals surface area contributed by atoms with Crippen molar-refractivity contribution < 1.29 is 9.53 Å². The summed E-state index contributed by atoms with van der Waals surface area (Å²) in [5, 5.41) is 3.55. The number of carbonyl (C=O) groups excluding carboxylic acids is 1. The van der Waals surface area contributed by atoms with Gasteiger partial charge in [-0.1, -0.05) is 6.42 Å². The summed E-state index contributed by atoms with van der Waals surface area (Å²) in [6.07, 6.45) is 4.99. The molecule has 0 saturated carbocycles. The Bertz CT molecular complexity index is 532. The van der Waals surface area contributed by atoms with E-state index in [1.165, 1.54) is 32.9 Å². The maximum Gasteiger partial charge on any atom is 0.337 e. The number of fused-ring (bicyclic) bond motifs is 1. The third-order valence-electron chi connectivity index (χ3n) is 4.67. The molecule has 0 aliphatic carbocycles. The number of hydrogen-bond acceptors (Lipinski definition) is 5. The minimum absolute atomic E-state index is 0.330. The molecule has 0 radical (unpaired) electrons. The molecular formula is C16H23N3O2. The van der Waals surface area contributed by atoms with Crippen molar-refractivity contribution in [3.8, 4) is 0 Å². The molecule has 2 aliphatic heterocycles. The molecule has 5 nitrogen and oxygen atoms in total. The van der Waals surface area contributed by atoms with E-state index in [1.807, 2.05) is 0 Å². The number of piperidine rings is 1. The van der Waals surface area contributed by atoms with Gasteiger partial charge in [-0.2, -0.15) is 0 Å². The molecule has 2 heterocycles. The first-order valence-corrected chi connectivity index (χ1v) is 7.67. The Balaban J connectivity index is 1.76. The third-order valence-corrected chi connectivity index (χ3v) is 4.67. The highest BCUT2D eigenvalue weighted by atomic mass is 16.5. The SMILES string of the molecule is COC(=O)c1ccc(N)c(NC2CCN3CCCCC23)c1. The molecule has 5 heteroatoms. The van der Waals surface area contributed by atoms with Gasteiger partial charge in [0, 0.05) is 18.6 Å². The number of esters is 1. The predicted octanol–water partition coefficient (Wildman–Crippen LogP) is 2.09. The average Bonchev–Trinajstić information content (AvgIpc) is 2.92. The molecule has 2 unspecified atom stereocenters. The monoisotopic (exact) mass is 289 g/mol. The Hall–Kier alpha value is -1.75. The van der Waals surface area contributed by atoms with Crippen molar-refractivity contribution in [2.24, 2.45) is 0 Å². The van der Waals surface area contributed by atoms with Crippen molar-refractivity contribution in [3.05, 3.63) is 23.8 Å². The average molecular weight is 289 g/mol. The second-order valence-corrected chi connectivity index (χ2v) is 5.93. The first-order valence-electron chi connectivity index (χ1n) is 7.67. The topological polar surface area (TPSA) is 67.6 Å². The Morgan fingerprint density at radius 2 is 2.19 bits per heavy atom. The fourth-order valence-corrected chi connectivity index (χ4v) is 3.54. The minimum atomic E-state index is -0.330. The third kappa shape index (κ3) is 2.83. The highest BCUT2D eigenvalue weighted by Gasteiger charge is 2.35. The van der Waals surface area contributed by atoms with Crippen LogP contribution in [0.15, 0.2) is 18.2 Å². The van der Waals surface area contributed by atoms with Crippen LogP contribution in [0.5, 0.6) is 0 Å². The van der Waals surface area contributed by atoms with Crippen molar-refractivity contribution in [2.45, 2.75) is 37.8 Å². The van der Waals surface area contributed by atoms with Gasteiger partial charge in [0.05, 0.1) is 24.0 Å². The number of methoxy groups -OCH3 is 1. The summed E-state index contributed by atoms with van der Waals surface area (Å²) in [7, 11) is 1.39. The molecule has 3 rings (SSSR count). The molecule has 0 aromatic heterocycles. The van der Waals surface area contributed by atoms with Crippen LogP contribution in [0.1, 0.15) is 36.0 Å². The lowest BCUT2D eigenvalue weighted by Crippen LogP contribution is -2.41. The van der Waals surface area contributed by atoms with Crippen molar-refractivity contribution in [3.63, 3.8) is 0 Å². The molecule has 1 aromatic rings. The quantitative estimate of drug-likeness (QED) is 0.659. The Morgan fingerprint density at radius 1 is 1.33 bits per heavy atom. The van der Waals surface area contributed by atoms with Gasteiger partial charge in [-0.3, -0.25) is 4.90 Å². The standard InChI is InChI=1S/C16H23N3O2/c1-21-16(20)11-5-6-12(17)14(10-11)18-13-7-9-19-8-3-2-4-15(13)19/h5-6,10,13,15,18H,2-4,7-9,17H2,1H3. The van der Waals surface area contributed by atoms with E-state index in [-0.39, 0.29) is 5.97 Å². The zero-order valence-corrected chi connectivity index (χ0v) is 12.5. The molecule has 114 valence electrons. The van der Waals surface area contributed by atoms with Gasteiger partial charge in [0.1, 0.15) is 0 Å². The van der Waals surface area contributed by atoms with E-state index in [0.29, 0.717) is 23.3 Å². The lowest BCUT2D eigenvalue weighted by Gasteiger charge is -2.33. The molecule has 2 saturated heterocycles. The zero-order chi connectivity index (χ0) is 14.8. The number of ether oxygens (including phenoxy) is 1. The summed E-state index contributed by atoms with van der Waals surface area (Å²) < 4.78 is 4.77. The van der Waals surface area contributed by atoms with Crippen molar-refractivity contribution in [1.29, 1.82) is 0 Å². The highest BCUT2D eigenvalue weighted by Crippen LogP contribution is 2.31. The van der Waals surface area contributed by atoms with Crippen LogP contribution >= 0.6 is 0 Å². The van der Waals surface area contributed by atoms with Gasteiger partial charge < -0.3 is 15.8 Å². The second-order valence-electron chi connectivity index (χ2n) is 5.93. The van der Waals surface area contributed by atoms with Crippen LogP contribution in [0.4, 0.5) is 11.4 Å². The number of nitrogens with two attached hydrogens (primary N) is 1.